The van der Waals surface area contributed by atoms with E-state index < -0.39 is 0 Å². The molecule has 0 saturated carbocycles. The van der Waals surface area contributed by atoms with Crippen LogP contribution in [0.1, 0.15) is 46.6 Å². The number of thiazole rings is 1. The molecule has 4 rings (SSSR count). The van der Waals surface area contributed by atoms with Crippen LogP contribution in [0.4, 0.5) is 0 Å². The lowest BCUT2D eigenvalue weighted by Gasteiger charge is -2.35. The van der Waals surface area contributed by atoms with E-state index in [1.54, 1.807) is 20.4 Å². The standard InChI is InChI=1S/C25H29N3O3S/c1-17-23(32-24(27-17)20-9-4-6-14-26-20)25(29)28-15-7-5-8-19(28)12-10-18-11-13-21(30-2)22(16-18)31-3/h4,6,9,11,13-14,16,19H,5,7-8,10,12,15H2,1-3H3. The summed E-state index contributed by atoms with van der Waals surface area (Å²) < 4.78 is 10.8. The van der Waals surface area contributed by atoms with Crippen LogP contribution in [-0.4, -0.2) is 47.6 Å². The fraction of sp³-hybridized carbons (Fsp3) is 0.400. The first-order chi connectivity index (χ1) is 15.6. The minimum atomic E-state index is 0.0965. The smallest absolute Gasteiger partial charge is 0.266 e. The lowest BCUT2D eigenvalue weighted by molar-refractivity contribution is 0.0606. The quantitative estimate of drug-likeness (QED) is 0.497. The molecule has 1 amide bonds. The zero-order chi connectivity index (χ0) is 22.5. The van der Waals surface area contributed by atoms with E-state index in [1.165, 1.54) is 16.9 Å². The number of benzene rings is 1. The zero-order valence-electron chi connectivity index (χ0n) is 18.8. The number of ether oxygens (including phenoxy) is 2. The number of piperidine rings is 1. The lowest BCUT2D eigenvalue weighted by atomic mass is 9.95. The number of nitrogens with zero attached hydrogens (tertiary/aromatic N) is 3. The lowest BCUT2D eigenvalue weighted by Crippen LogP contribution is -2.43. The van der Waals surface area contributed by atoms with Crippen LogP contribution in [0.5, 0.6) is 11.5 Å². The zero-order valence-corrected chi connectivity index (χ0v) is 19.7. The number of aryl methyl sites for hydroxylation is 2. The summed E-state index contributed by atoms with van der Waals surface area (Å²) in [4.78, 5) is 25.3. The summed E-state index contributed by atoms with van der Waals surface area (Å²) in [6.45, 7) is 2.71. The largest absolute Gasteiger partial charge is 0.493 e. The van der Waals surface area contributed by atoms with Gasteiger partial charge in [-0.1, -0.05) is 12.1 Å². The number of carbonyl (C=O) groups excluding carboxylic acids is 1. The van der Waals surface area contributed by atoms with Gasteiger partial charge in [0.2, 0.25) is 0 Å². The Morgan fingerprint density at radius 1 is 1.16 bits per heavy atom. The van der Waals surface area contributed by atoms with Crippen LogP contribution in [0.25, 0.3) is 10.7 Å². The summed E-state index contributed by atoms with van der Waals surface area (Å²) in [5, 5.41) is 0.797. The van der Waals surface area contributed by atoms with Gasteiger partial charge in [0, 0.05) is 18.8 Å². The molecule has 32 heavy (non-hydrogen) atoms. The molecular formula is C25H29N3O3S. The number of hydrogen-bond acceptors (Lipinski definition) is 6. The molecule has 2 aromatic heterocycles. The highest BCUT2D eigenvalue weighted by atomic mass is 32.1. The van der Waals surface area contributed by atoms with Crippen molar-refractivity contribution in [2.45, 2.75) is 45.1 Å². The fourth-order valence-corrected chi connectivity index (χ4v) is 5.26. The fourth-order valence-electron chi connectivity index (χ4n) is 4.26. The first-order valence-electron chi connectivity index (χ1n) is 11.0. The van der Waals surface area contributed by atoms with E-state index in [0.29, 0.717) is 0 Å². The molecule has 3 aromatic rings. The van der Waals surface area contributed by atoms with Crippen molar-refractivity contribution >= 4 is 17.2 Å². The predicted octanol–water partition coefficient (Wildman–Crippen LogP) is 5.16. The van der Waals surface area contributed by atoms with Crippen molar-refractivity contribution in [3.05, 3.63) is 58.7 Å². The van der Waals surface area contributed by atoms with Crippen molar-refractivity contribution in [2.75, 3.05) is 20.8 Å². The minimum absolute atomic E-state index is 0.0965. The second-order valence-electron chi connectivity index (χ2n) is 8.02. The summed E-state index contributed by atoms with van der Waals surface area (Å²) in [6.07, 6.45) is 6.79. The average molecular weight is 452 g/mol. The Morgan fingerprint density at radius 2 is 2.00 bits per heavy atom. The maximum atomic E-state index is 13.5. The molecule has 1 aromatic carbocycles. The van der Waals surface area contributed by atoms with Crippen molar-refractivity contribution in [2.24, 2.45) is 0 Å². The van der Waals surface area contributed by atoms with Gasteiger partial charge in [0.05, 0.1) is 25.6 Å². The molecule has 6 nitrogen and oxygen atoms in total. The van der Waals surface area contributed by atoms with E-state index in [2.05, 4.69) is 20.9 Å². The van der Waals surface area contributed by atoms with Gasteiger partial charge in [-0.25, -0.2) is 4.98 Å². The number of pyridine rings is 1. The van der Waals surface area contributed by atoms with Crippen molar-refractivity contribution in [3.8, 4) is 22.2 Å². The number of aromatic nitrogens is 2. The van der Waals surface area contributed by atoms with Gasteiger partial charge >= 0.3 is 0 Å². The van der Waals surface area contributed by atoms with E-state index in [9.17, 15) is 4.79 Å². The predicted molar refractivity (Wildman–Crippen MR) is 127 cm³/mol. The van der Waals surface area contributed by atoms with Crippen LogP contribution >= 0.6 is 11.3 Å². The van der Waals surface area contributed by atoms with Crippen molar-refractivity contribution in [1.82, 2.24) is 14.9 Å². The van der Waals surface area contributed by atoms with Crippen LogP contribution in [0.15, 0.2) is 42.6 Å². The summed E-state index contributed by atoms with van der Waals surface area (Å²) in [5.41, 5.74) is 2.78. The Morgan fingerprint density at radius 3 is 2.75 bits per heavy atom. The number of rotatable bonds is 7. The number of hydrogen-bond donors (Lipinski definition) is 0. The first kappa shape index (κ1) is 22.3. The van der Waals surface area contributed by atoms with Gasteiger partial charge in [-0.05, 0) is 68.9 Å². The molecule has 1 aliphatic rings. The molecular weight excluding hydrogens is 422 g/mol. The van der Waals surface area contributed by atoms with Crippen LogP contribution < -0.4 is 9.47 Å². The Labute approximate surface area is 193 Å². The number of likely N-dealkylation sites (tertiary alicyclic amines) is 1. The van der Waals surface area contributed by atoms with Gasteiger partial charge in [-0.2, -0.15) is 0 Å². The molecule has 0 spiro atoms. The first-order valence-corrected chi connectivity index (χ1v) is 11.8. The van der Waals surface area contributed by atoms with Crippen molar-refractivity contribution in [3.63, 3.8) is 0 Å². The normalized spacial score (nSPS) is 16.1. The second kappa shape index (κ2) is 10.1. The molecule has 1 fully saturated rings. The number of methoxy groups -OCH3 is 2. The topological polar surface area (TPSA) is 64.5 Å². The van der Waals surface area contributed by atoms with E-state index in [-0.39, 0.29) is 11.9 Å². The second-order valence-corrected chi connectivity index (χ2v) is 9.02. The highest BCUT2D eigenvalue weighted by Crippen LogP contribution is 2.32. The molecule has 1 unspecified atom stereocenters. The summed E-state index contributed by atoms with van der Waals surface area (Å²) in [6, 6.07) is 12.0. The summed E-state index contributed by atoms with van der Waals surface area (Å²) in [5.74, 6) is 1.57. The summed E-state index contributed by atoms with van der Waals surface area (Å²) >= 11 is 1.44. The maximum absolute atomic E-state index is 13.5. The number of amides is 1. The third-order valence-corrected chi connectivity index (χ3v) is 7.14. The summed E-state index contributed by atoms with van der Waals surface area (Å²) in [7, 11) is 3.30. The van der Waals surface area contributed by atoms with Gasteiger partial charge in [-0.15, -0.1) is 11.3 Å². The molecule has 1 saturated heterocycles. The Hall–Kier alpha value is -2.93. The Bertz CT molecular complexity index is 1070. The van der Waals surface area contributed by atoms with Gasteiger partial charge < -0.3 is 14.4 Å². The SMILES string of the molecule is COc1ccc(CCC2CCCCN2C(=O)c2sc(-c3ccccn3)nc2C)cc1OC. The highest BCUT2D eigenvalue weighted by molar-refractivity contribution is 7.17. The Kier molecular flexibility index (Phi) is 7.05. The molecule has 0 bridgehead atoms. The van der Waals surface area contributed by atoms with E-state index in [0.717, 1.165) is 71.4 Å². The average Bonchev–Trinajstić information content (AvgIpc) is 3.24. The van der Waals surface area contributed by atoms with Crippen molar-refractivity contribution < 1.29 is 14.3 Å². The van der Waals surface area contributed by atoms with Crippen molar-refractivity contribution in [1.29, 1.82) is 0 Å². The molecule has 0 radical (unpaired) electrons. The van der Waals surface area contributed by atoms with Crippen LogP contribution in [-0.2, 0) is 6.42 Å². The third-order valence-electron chi connectivity index (χ3n) is 5.98. The van der Waals surface area contributed by atoms with Gasteiger partial charge in [0.15, 0.2) is 11.5 Å². The molecule has 3 heterocycles. The van der Waals surface area contributed by atoms with Gasteiger partial charge in [-0.3, -0.25) is 9.78 Å². The molecule has 0 N–H and O–H groups in total. The molecule has 1 aliphatic heterocycles. The minimum Gasteiger partial charge on any atom is -0.493 e. The van der Waals surface area contributed by atoms with Gasteiger partial charge in [0.25, 0.3) is 5.91 Å². The molecule has 0 aliphatic carbocycles. The van der Waals surface area contributed by atoms with E-state index in [4.69, 9.17) is 9.47 Å². The van der Waals surface area contributed by atoms with Crippen LogP contribution in [0.2, 0.25) is 0 Å². The third kappa shape index (κ3) is 4.78. The number of carbonyl (C=O) groups is 1. The molecule has 1 atom stereocenters. The molecule has 168 valence electrons. The Balaban J connectivity index is 1.49. The van der Waals surface area contributed by atoms with E-state index >= 15 is 0 Å². The maximum Gasteiger partial charge on any atom is 0.266 e. The van der Waals surface area contributed by atoms with Crippen LogP contribution in [0.3, 0.4) is 0 Å². The van der Waals surface area contributed by atoms with E-state index in [1.807, 2.05) is 37.3 Å². The van der Waals surface area contributed by atoms with Crippen LogP contribution in [0, 0.1) is 6.92 Å². The monoisotopic (exact) mass is 451 g/mol. The highest BCUT2D eigenvalue weighted by Gasteiger charge is 2.30. The molecule has 7 heteroatoms. The van der Waals surface area contributed by atoms with Gasteiger partial charge in [0.1, 0.15) is 9.88 Å².